The molecule has 0 aliphatic rings. The number of aliphatic hydroxyl groups excluding tert-OH is 1. The largest absolute Gasteiger partial charge is 0.437 e. The van der Waals surface area contributed by atoms with Gasteiger partial charge >= 0.3 is 0 Å². The van der Waals surface area contributed by atoms with Crippen LogP contribution < -0.4 is 0 Å². The van der Waals surface area contributed by atoms with Crippen LogP contribution in [-0.4, -0.2) is 27.8 Å². The van der Waals surface area contributed by atoms with Crippen molar-refractivity contribution in [3.8, 4) is 17.3 Å². The Labute approximate surface area is 144 Å². The molecular weight excluding hydrogens is 318 g/mol. The molecule has 6 nitrogen and oxygen atoms in total. The van der Waals surface area contributed by atoms with Gasteiger partial charge in [-0.1, -0.05) is 42.5 Å². The van der Waals surface area contributed by atoms with Crippen LogP contribution in [-0.2, 0) is 9.53 Å². The Morgan fingerprint density at radius 3 is 2.72 bits per heavy atom. The predicted molar refractivity (Wildman–Crippen MR) is 90.2 cm³/mol. The molecule has 0 fully saturated rings. The van der Waals surface area contributed by atoms with E-state index >= 15 is 0 Å². The van der Waals surface area contributed by atoms with Crippen LogP contribution in [0.2, 0.25) is 0 Å². The van der Waals surface area contributed by atoms with Crippen molar-refractivity contribution in [1.82, 2.24) is 9.97 Å². The topological polar surface area (TPSA) is 99.0 Å². The smallest absolute Gasteiger partial charge is 0.295 e. The molecule has 0 spiro atoms. The van der Waals surface area contributed by atoms with Gasteiger partial charge in [-0.05, 0) is 17.7 Å². The van der Waals surface area contributed by atoms with Crippen molar-refractivity contribution in [2.24, 2.45) is 0 Å². The number of benzene rings is 2. The third-order valence-electron chi connectivity index (χ3n) is 3.88. The summed E-state index contributed by atoms with van der Waals surface area (Å²) in [5, 5.41) is 19.5. The Morgan fingerprint density at radius 2 is 2.00 bits per heavy atom. The molecule has 0 aliphatic carbocycles. The summed E-state index contributed by atoms with van der Waals surface area (Å²) in [4.78, 5) is 18.1. The van der Waals surface area contributed by atoms with E-state index in [0.717, 1.165) is 5.56 Å². The van der Waals surface area contributed by atoms with Crippen molar-refractivity contribution in [3.63, 3.8) is 0 Å². The van der Waals surface area contributed by atoms with Gasteiger partial charge in [-0.3, -0.25) is 4.79 Å². The molecule has 2 unspecified atom stereocenters. The summed E-state index contributed by atoms with van der Waals surface area (Å²) in [5.41, 5.74) is 3.17. The molecule has 25 heavy (non-hydrogen) atoms. The number of ether oxygens (including phenoxy) is 1. The first-order valence-electron chi connectivity index (χ1n) is 7.60. The standard InChI is InChI=1S/C19H15N3O3/c20-10-13-5-4-8-15(9-13)16(19(24)25-12-23)18-17(21-11-22-18)14-6-2-1-3-7-14/h1-9,11-12,16,19,24H,(H,21,22). The number of aromatic amines is 1. The van der Waals surface area contributed by atoms with Crippen molar-refractivity contribution < 1.29 is 14.6 Å². The summed E-state index contributed by atoms with van der Waals surface area (Å²) in [6.45, 7) is 0.199. The lowest BCUT2D eigenvalue weighted by Crippen LogP contribution is -2.23. The molecule has 0 saturated carbocycles. The number of aliphatic hydroxyl groups is 1. The van der Waals surface area contributed by atoms with Crippen LogP contribution in [0.5, 0.6) is 0 Å². The highest BCUT2D eigenvalue weighted by molar-refractivity contribution is 5.63. The maximum atomic E-state index is 10.7. The van der Waals surface area contributed by atoms with E-state index in [1.807, 2.05) is 30.3 Å². The molecule has 2 aromatic carbocycles. The van der Waals surface area contributed by atoms with E-state index in [1.165, 1.54) is 6.33 Å². The van der Waals surface area contributed by atoms with E-state index in [2.05, 4.69) is 16.0 Å². The van der Waals surface area contributed by atoms with Crippen molar-refractivity contribution in [3.05, 3.63) is 77.7 Å². The number of nitrogens with zero attached hydrogens (tertiary/aromatic N) is 2. The zero-order valence-corrected chi connectivity index (χ0v) is 13.2. The molecule has 0 saturated heterocycles. The minimum atomic E-state index is -1.42. The first kappa shape index (κ1) is 16.4. The van der Waals surface area contributed by atoms with Crippen molar-refractivity contribution in [2.75, 3.05) is 0 Å². The van der Waals surface area contributed by atoms with Crippen LogP contribution in [0, 0.1) is 11.3 Å². The van der Waals surface area contributed by atoms with Crippen LogP contribution in [0.1, 0.15) is 22.7 Å². The first-order chi connectivity index (χ1) is 12.2. The minimum absolute atomic E-state index is 0.199. The molecule has 2 atom stereocenters. The minimum Gasteiger partial charge on any atom is -0.437 e. The second kappa shape index (κ2) is 7.43. The van der Waals surface area contributed by atoms with Crippen molar-refractivity contribution in [1.29, 1.82) is 5.26 Å². The molecule has 124 valence electrons. The molecule has 0 aliphatic heterocycles. The lowest BCUT2D eigenvalue weighted by atomic mass is 9.91. The third kappa shape index (κ3) is 3.42. The lowest BCUT2D eigenvalue weighted by Gasteiger charge is -2.22. The average Bonchev–Trinajstić information content (AvgIpc) is 3.12. The van der Waals surface area contributed by atoms with E-state index in [4.69, 9.17) is 10.00 Å². The van der Waals surface area contributed by atoms with Crippen LogP contribution in [0.15, 0.2) is 60.9 Å². The molecule has 2 N–H and O–H groups in total. The zero-order valence-electron chi connectivity index (χ0n) is 13.2. The maximum absolute atomic E-state index is 10.7. The second-order valence-electron chi connectivity index (χ2n) is 5.37. The zero-order chi connectivity index (χ0) is 17.6. The third-order valence-corrected chi connectivity index (χ3v) is 3.88. The molecule has 0 radical (unpaired) electrons. The SMILES string of the molecule is N#Cc1cccc(C(c2[nH]cnc2-c2ccccc2)C(O)OC=O)c1. The van der Waals surface area contributed by atoms with Crippen molar-refractivity contribution in [2.45, 2.75) is 12.2 Å². The van der Waals surface area contributed by atoms with E-state index in [9.17, 15) is 9.90 Å². The molecule has 3 aromatic rings. The average molecular weight is 333 g/mol. The van der Waals surface area contributed by atoms with Gasteiger partial charge in [0.05, 0.1) is 35.3 Å². The van der Waals surface area contributed by atoms with Gasteiger partial charge in [-0.25, -0.2) is 4.98 Å². The second-order valence-corrected chi connectivity index (χ2v) is 5.37. The summed E-state index contributed by atoms with van der Waals surface area (Å²) in [6.07, 6.45) is 0.0984. The Hall–Kier alpha value is -3.43. The lowest BCUT2D eigenvalue weighted by molar-refractivity contribution is -0.153. The number of carbonyl (C=O) groups excluding carboxylic acids is 1. The number of hydrogen-bond donors (Lipinski definition) is 2. The Balaban J connectivity index is 2.12. The number of H-pyrrole nitrogens is 1. The van der Waals surface area contributed by atoms with Gasteiger partial charge in [0.1, 0.15) is 0 Å². The quantitative estimate of drug-likeness (QED) is 0.533. The van der Waals surface area contributed by atoms with Gasteiger partial charge in [0.15, 0.2) is 0 Å². The molecular formula is C19H15N3O3. The van der Waals surface area contributed by atoms with Crippen molar-refractivity contribution >= 4 is 6.47 Å². The first-order valence-corrected chi connectivity index (χ1v) is 7.60. The van der Waals surface area contributed by atoms with Crippen LogP contribution >= 0.6 is 0 Å². The number of carbonyl (C=O) groups is 1. The van der Waals surface area contributed by atoms with Gasteiger partial charge in [0, 0.05) is 5.56 Å². The summed E-state index contributed by atoms with van der Waals surface area (Å²) in [6, 6.07) is 18.3. The molecule has 1 heterocycles. The Bertz CT molecular complexity index is 900. The fourth-order valence-electron chi connectivity index (χ4n) is 2.78. The van der Waals surface area contributed by atoms with E-state index in [1.54, 1.807) is 24.3 Å². The number of rotatable bonds is 6. The summed E-state index contributed by atoms with van der Waals surface area (Å²) in [5.74, 6) is -0.712. The van der Waals surface area contributed by atoms with Crippen LogP contribution in [0.4, 0.5) is 0 Å². The van der Waals surface area contributed by atoms with Gasteiger partial charge in [-0.15, -0.1) is 0 Å². The molecule has 3 rings (SSSR count). The van der Waals surface area contributed by atoms with E-state index in [0.29, 0.717) is 22.5 Å². The maximum Gasteiger partial charge on any atom is 0.295 e. The summed E-state index contributed by atoms with van der Waals surface area (Å²) < 4.78 is 4.79. The molecule has 1 aromatic heterocycles. The van der Waals surface area contributed by atoms with Gasteiger partial charge < -0.3 is 14.8 Å². The van der Waals surface area contributed by atoms with E-state index in [-0.39, 0.29) is 6.47 Å². The summed E-state index contributed by atoms with van der Waals surface area (Å²) in [7, 11) is 0. The Morgan fingerprint density at radius 1 is 1.20 bits per heavy atom. The van der Waals surface area contributed by atoms with Gasteiger partial charge in [0.25, 0.3) is 6.47 Å². The summed E-state index contributed by atoms with van der Waals surface area (Å²) >= 11 is 0. The number of hydrogen-bond acceptors (Lipinski definition) is 5. The number of nitrogens with one attached hydrogen (secondary N) is 1. The van der Waals surface area contributed by atoms with E-state index < -0.39 is 12.2 Å². The monoisotopic (exact) mass is 333 g/mol. The number of aromatic nitrogens is 2. The Kier molecular flexibility index (Phi) is 4.88. The normalized spacial score (nSPS) is 12.8. The van der Waals surface area contributed by atoms with Gasteiger partial charge in [0.2, 0.25) is 6.29 Å². The molecule has 0 bridgehead atoms. The predicted octanol–water partition coefficient (Wildman–Crippen LogP) is 2.57. The highest BCUT2D eigenvalue weighted by atomic mass is 16.6. The molecule has 6 heteroatoms. The highest BCUT2D eigenvalue weighted by Gasteiger charge is 2.29. The number of nitriles is 1. The van der Waals surface area contributed by atoms with Gasteiger partial charge in [-0.2, -0.15) is 5.26 Å². The fourth-order valence-corrected chi connectivity index (χ4v) is 2.78. The van der Waals surface area contributed by atoms with Crippen LogP contribution in [0.25, 0.3) is 11.3 Å². The van der Waals surface area contributed by atoms with Crippen LogP contribution in [0.3, 0.4) is 0 Å². The highest BCUT2D eigenvalue weighted by Crippen LogP contribution is 2.34. The number of imidazole rings is 1. The fraction of sp³-hybridized carbons (Fsp3) is 0.105. The molecule has 0 amide bonds.